The second-order valence-electron chi connectivity index (χ2n) is 6.12. The molecule has 0 atom stereocenters. The molecule has 3 rings (SSSR count). The van der Waals surface area contributed by atoms with Crippen molar-refractivity contribution in [2.24, 2.45) is 0 Å². The van der Waals surface area contributed by atoms with Crippen LogP contribution in [0.3, 0.4) is 0 Å². The van der Waals surface area contributed by atoms with Crippen molar-refractivity contribution >= 4 is 12.7 Å². The van der Waals surface area contributed by atoms with Crippen molar-refractivity contribution in [1.29, 1.82) is 0 Å². The first-order valence-corrected chi connectivity index (χ1v) is 6.82. The van der Waals surface area contributed by atoms with Crippen LogP contribution in [0.2, 0.25) is 0 Å². The third kappa shape index (κ3) is 2.47. The highest BCUT2D eigenvalue weighted by Crippen LogP contribution is 2.36. The second kappa shape index (κ2) is 4.64. The predicted octanol–water partition coefficient (Wildman–Crippen LogP) is 1.71. The zero-order valence-corrected chi connectivity index (χ0v) is 12.5. The minimum Gasteiger partial charge on any atom is -0.398 e. The molecule has 21 heavy (non-hydrogen) atoms. The van der Waals surface area contributed by atoms with Crippen molar-refractivity contribution in [1.82, 2.24) is 15.0 Å². The summed E-state index contributed by atoms with van der Waals surface area (Å²) in [5, 5.41) is 8.54. The molecule has 2 aromatic rings. The number of hydrogen-bond donors (Lipinski definition) is 0. The van der Waals surface area contributed by atoms with Crippen molar-refractivity contribution in [3.05, 3.63) is 36.3 Å². The van der Waals surface area contributed by atoms with Crippen LogP contribution in [0.1, 0.15) is 27.7 Å². The van der Waals surface area contributed by atoms with Crippen LogP contribution in [0.15, 0.2) is 30.5 Å². The van der Waals surface area contributed by atoms with Crippen LogP contribution in [-0.2, 0) is 9.31 Å². The van der Waals surface area contributed by atoms with Gasteiger partial charge >= 0.3 is 7.12 Å². The molecule has 0 radical (unpaired) electrons. The predicted molar refractivity (Wildman–Crippen MR) is 77.0 cm³/mol. The highest BCUT2D eigenvalue weighted by atomic mass is 19.1. The molecule has 0 aliphatic carbocycles. The van der Waals surface area contributed by atoms with E-state index in [0.717, 1.165) is 0 Å². The number of hydrogen-bond acceptors (Lipinski definition) is 4. The lowest BCUT2D eigenvalue weighted by atomic mass is 9.86. The topological polar surface area (TPSA) is 49.2 Å². The second-order valence-corrected chi connectivity index (χ2v) is 6.12. The Bertz CT molecular complexity index is 638. The molecule has 0 saturated carbocycles. The summed E-state index contributed by atoms with van der Waals surface area (Å²) in [6.07, 6.45) is 1.60. The van der Waals surface area contributed by atoms with Gasteiger partial charge in [0.05, 0.1) is 23.1 Å². The van der Waals surface area contributed by atoms with Crippen LogP contribution in [0.4, 0.5) is 4.39 Å². The van der Waals surface area contributed by atoms with E-state index in [1.165, 1.54) is 16.9 Å². The van der Waals surface area contributed by atoms with E-state index >= 15 is 0 Å². The maximum Gasteiger partial charge on any atom is 0.518 e. The van der Waals surface area contributed by atoms with E-state index in [1.54, 1.807) is 18.3 Å². The molecule has 1 aliphatic rings. The van der Waals surface area contributed by atoms with Crippen LogP contribution in [0, 0.1) is 5.82 Å². The zero-order valence-electron chi connectivity index (χ0n) is 12.5. The van der Waals surface area contributed by atoms with E-state index in [4.69, 9.17) is 9.31 Å². The summed E-state index contributed by atoms with van der Waals surface area (Å²) < 4.78 is 24.8. The Morgan fingerprint density at radius 2 is 1.62 bits per heavy atom. The van der Waals surface area contributed by atoms with Gasteiger partial charge in [-0.15, -0.1) is 0 Å². The third-order valence-electron chi connectivity index (χ3n) is 4.06. The lowest BCUT2D eigenvalue weighted by Crippen LogP contribution is -2.41. The van der Waals surface area contributed by atoms with E-state index < -0.39 is 18.3 Å². The summed E-state index contributed by atoms with van der Waals surface area (Å²) in [6.45, 7) is 7.93. The SMILES string of the molecule is CC1(C)OB(c2cnn(-c3ccc(F)cc3)n2)OC1(C)C. The molecular formula is C14H17BFN3O2. The standard InChI is InChI=1S/C14H17BFN3O2/c1-13(2)14(3,4)21-15(20-13)12-9-17-19(18-12)11-7-5-10(16)6-8-11/h5-9H,1-4H3. The Morgan fingerprint density at radius 3 is 2.19 bits per heavy atom. The van der Waals surface area contributed by atoms with Gasteiger partial charge in [0.1, 0.15) is 11.4 Å². The first-order valence-electron chi connectivity index (χ1n) is 6.82. The fourth-order valence-electron chi connectivity index (χ4n) is 2.05. The molecule has 2 heterocycles. The first kappa shape index (κ1) is 14.2. The van der Waals surface area contributed by atoms with Gasteiger partial charge in [0.25, 0.3) is 0 Å². The van der Waals surface area contributed by atoms with Gasteiger partial charge in [-0.2, -0.15) is 15.0 Å². The lowest BCUT2D eigenvalue weighted by molar-refractivity contribution is 0.00578. The smallest absolute Gasteiger partial charge is 0.398 e. The van der Waals surface area contributed by atoms with E-state index in [-0.39, 0.29) is 5.82 Å². The van der Waals surface area contributed by atoms with Crippen molar-refractivity contribution in [2.75, 3.05) is 0 Å². The van der Waals surface area contributed by atoms with Crippen LogP contribution in [-0.4, -0.2) is 33.3 Å². The number of rotatable bonds is 2. The lowest BCUT2D eigenvalue weighted by Gasteiger charge is -2.32. The van der Waals surface area contributed by atoms with E-state index in [2.05, 4.69) is 10.2 Å². The Morgan fingerprint density at radius 1 is 1.05 bits per heavy atom. The molecule has 0 N–H and O–H groups in total. The van der Waals surface area contributed by atoms with Gasteiger partial charge in [0, 0.05) is 0 Å². The highest BCUT2D eigenvalue weighted by molar-refractivity contribution is 6.61. The molecule has 0 bridgehead atoms. The average Bonchev–Trinajstić information content (AvgIpc) is 2.94. The maximum absolute atomic E-state index is 12.9. The van der Waals surface area contributed by atoms with Gasteiger partial charge in [-0.25, -0.2) is 4.39 Å². The van der Waals surface area contributed by atoms with Gasteiger partial charge in [-0.05, 0) is 52.0 Å². The molecule has 0 spiro atoms. The number of halogens is 1. The molecule has 1 fully saturated rings. The van der Waals surface area contributed by atoms with Crippen LogP contribution in [0.5, 0.6) is 0 Å². The van der Waals surface area contributed by atoms with Crippen LogP contribution >= 0.6 is 0 Å². The summed E-state index contributed by atoms with van der Waals surface area (Å²) in [7, 11) is -0.552. The van der Waals surface area contributed by atoms with Gasteiger partial charge in [-0.1, -0.05) is 0 Å². The van der Waals surface area contributed by atoms with Crippen LogP contribution < -0.4 is 5.59 Å². The molecule has 1 aromatic carbocycles. The third-order valence-corrected chi connectivity index (χ3v) is 4.06. The van der Waals surface area contributed by atoms with E-state index in [1.807, 2.05) is 27.7 Å². The summed E-state index contributed by atoms with van der Waals surface area (Å²) >= 11 is 0. The maximum atomic E-state index is 12.9. The van der Waals surface area contributed by atoms with Crippen molar-refractivity contribution < 1.29 is 13.7 Å². The summed E-state index contributed by atoms with van der Waals surface area (Å²) in [4.78, 5) is 1.43. The molecule has 7 heteroatoms. The number of nitrogens with zero attached hydrogens (tertiary/aromatic N) is 3. The molecule has 110 valence electrons. The van der Waals surface area contributed by atoms with Crippen LogP contribution in [0.25, 0.3) is 5.69 Å². The van der Waals surface area contributed by atoms with Crippen molar-refractivity contribution in [2.45, 2.75) is 38.9 Å². The fraction of sp³-hybridized carbons (Fsp3) is 0.429. The summed E-state index contributed by atoms with van der Waals surface area (Å²) in [6, 6.07) is 5.97. The minimum atomic E-state index is -0.552. The molecular weight excluding hydrogens is 272 g/mol. The summed E-state index contributed by atoms with van der Waals surface area (Å²) in [5.74, 6) is -0.294. The fourth-order valence-corrected chi connectivity index (χ4v) is 2.05. The molecule has 1 aromatic heterocycles. The normalized spacial score (nSPS) is 20.0. The van der Waals surface area contributed by atoms with Crippen molar-refractivity contribution in [3.8, 4) is 5.69 Å². The van der Waals surface area contributed by atoms with E-state index in [9.17, 15) is 4.39 Å². The highest BCUT2D eigenvalue weighted by Gasteiger charge is 2.52. The van der Waals surface area contributed by atoms with Gasteiger partial charge in [0.15, 0.2) is 0 Å². The molecule has 1 aliphatic heterocycles. The molecule has 5 nitrogen and oxygen atoms in total. The first-order chi connectivity index (χ1) is 9.78. The Labute approximate surface area is 123 Å². The number of benzene rings is 1. The largest absolute Gasteiger partial charge is 0.518 e. The molecule has 0 unspecified atom stereocenters. The van der Waals surface area contributed by atoms with Gasteiger partial charge < -0.3 is 9.31 Å². The molecule has 1 saturated heterocycles. The van der Waals surface area contributed by atoms with Crippen molar-refractivity contribution in [3.63, 3.8) is 0 Å². The Hall–Kier alpha value is -1.73. The summed E-state index contributed by atoms with van der Waals surface area (Å²) in [5.41, 5.74) is 0.436. The van der Waals surface area contributed by atoms with E-state index in [0.29, 0.717) is 11.3 Å². The molecule has 0 amide bonds. The average molecular weight is 289 g/mol. The minimum absolute atomic E-state index is 0.294. The Kier molecular flexibility index (Phi) is 3.14. The van der Waals surface area contributed by atoms with Gasteiger partial charge in [0.2, 0.25) is 0 Å². The van der Waals surface area contributed by atoms with Gasteiger partial charge in [-0.3, -0.25) is 0 Å². The Balaban J connectivity index is 1.85. The number of aromatic nitrogens is 3. The quantitative estimate of drug-likeness (QED) is 0.790. The zero-order chi connectivity index (χ0) is 15.3. The monoisotopic (exact) mass is 289 g/mol.